The summed E-state index contributed by atoms with van der Waals surface area (Å²) in [5.41, 5.74) is -2.32. The van der Waals surface area contributed by atoms with Crippen molar-refractivity contribution in [3.8, 4) is 0 Å². The molecular weight excluding hydrogens is 313 g/mol. The van der Waals surface area contributed by atoms with Crippen molar-refractivity contribution in [1.82, 2.24) is 5.32 Å². The number of carbonyl (C=O) groups is 1. The Balaban J connectivity index is 2.33. The Kier molecular flexibility index (Phi) is 7.53. The molecule has 1 rings (SSSR count). The van der Waals surface area contributed by atoms with Crippen molar-refractivity contribution in [1.29, 1.82) is 0 Å². The maximum absolute atomic E-state index is 11.9. The van der Waals surface area contributed by atoms with Crippen LogP contribution in [-0.4, -0.2) is 49.7 Å². The van der Waals surface area contributed by atoms with E-state index in [4.69, 9.17) is 25.6 Å². The molecule has 0 aromatic rings. The Morgan fingerprint density at radius 1 is 1.67 bits per heavy atom. The summed E-state index contributed by atoms with van der Waals surface area (Å²) < 4.78 is 15.7. The second kappa shape index (κ2) is 8.09. The summed E-state index contributed by atoms with van der Waals surface area (Å²) in [5.74, 6) is 0.915. The van der Waals surface area contributed by atoms with Gasteiger partial charge in [0.2, 0.25) is 11.6 Å². The maximum Gasteiger partial charge on any atom is 0.247 e. The normalized spacial score (nSPS) is 21.8. The lowest BCUT2D eigenvalue weighted by Crippen LogP contribution is -2.35. The summed E-state index contributed by atoms with van der Waals surface area (Å²) >= 11 is 8.18. The van der Waals surface area contributed by atoms with Gasteiger partial charge in [0.25, 0.3) is 0 Å². The lowest BCUT2D eigenvalue weighted by atomic mass is 10.4. The van der Waals surface area contributed by atoms with Gasteiger partial charge in [0.1, 0.15) is 5.44 Å². The van der Waals surface area contributed by atoms with Crippen molar-refractivity contribution in [2.24, 2.45) is 0 Å². The van der Waals surface area contributed by atoms with E-state index in [9.17, 15) is 4.79 Å². The Bertz CT molecular complexity index is 317. The minimum atomic E-state index is -2.39. The van der Waals surface area contributed by atoms with Gasteiger partial charge in [-0.05, 0) is 18.7 Å². The van der Waals surface area contributed by atoms with Gasteiger partial charge in [0.15, 0.2) is 0 Å². The highest BCUT2D eigenvalue weighted by molar-refractivity contribution is 8.68. The van der Waals surface area contributed by atoms with Crippen LogP contribution in [0.4, 0.5) is 0 Å². The first kappa shape index (κ1) is 16.8. The highest BCUT2D eigenvalue weighted by Gasteiger charge is 2.26. The molecule has 1 N–H and O–H groups in total. The fraction of sp³-hybridized carbons (Fsp3) is 0.889. The van der Waals surface area contributed by atoms with Crippen molar-refractivity contribution in [3.63, 3.8) is 0 Å². The van der Waals surface area contributed by atoms with E-state index in [1.807, 2.05) is 0 Å². The number of carbonyl (C=O) groups excluding carboxylic acids is 1. The van der Waals surface area contributed by atoms with Crippen LogP contribution in [-0.2, 0) is 30.4 Å². The van der Waals surface area contributed by atoms with Crippen LogP contribution in [0.15, 0.2) is 0 Å². The van der Waals surface area contributed by atoms with Crippen LogP contribution in [0.2, 0.25) is 0 Å². The minimum Gasteiger partial charge on any atom is -0.365 e. The van der Waals surface area contributed by atoms with Crippen LogP contribution in [0.5, 0.6) is 0 Å². The van der Waals surface area contributed by atoms with Gasteiger partial charge in [-0.1, -0.05) is 11.4 Å². The lowest BCUT2D eigenvalue weighted by molar-refractivity contribution is -0.120. The zero-order chi connectivity index (χ0) is 13.6. The molecule has 0 radical (unpaired) electrons. The number of amides is 1. The average molecular weight is 331 g/mol. The molecule has 0 aromatic carbocycles. The fourth-order valence-corrected chi connectivity index (χ4v) is 6.12. The first-order chi connectivity index (χ1) is 8.50. The molecule has 2 atom stereocenters. The van der Waals surface area contributed by atoms with Crippen LogP contribution in [0.3, 0.4) is 0 Å². The summed E-state index contributed by atoms with van der Waals surface area (Å²) in [7, 11) is 3.01. The SMILES string of the molecule is COP(=S)(OC)SC(C)C(=O)NC[C@H]1OCCS1. The van der Waals surface area contributed by atoms with Crippen molar-refractivity contribution >= 4 is 46.6 Å². The largest absolute Gasteiger partial charge is 0.365 e. The molecular formula is C9H18NO4PS3. The molecule has 0 saturated carbocycles. The molecule has 1 aliphatic rings. The molecule has 0 bridgehead atoms. The van der Waals surface area contributed by atoms with E-state index in [1.165, 1.54) is 25.6 Å². The van der Waals surface area contributed by atoms with E-state index >= 15 is 0 Å². The standard InChI is InChI=1S/C9H18NO4PS3/c1-7(18-15(16,12-2)13-3)9(11)10-6-8-14-4-5-17-8/h7-8H,4-6H2,1-3H3,(H,10,11)/t7?,8-/m0/s1. The highest BCUT2D eigenvalue weighted by Crippen LogP contribution is 2.61. The maximum atomic E-state index is 11.9. The Morgan fingerprint density at radius 2 is 2.33 bits per heavy atom. The van der Waals surface area contributed by atoms with Gasteiger partial charge in [-0.2, -0.15) is 0 Å². The minimum absolute atomic E-state index is 0.0686. The molecule has 9 heteroatoms. The topological polar surface area (TPSA) is 56.8 Å². The molecule has 106 valence electrons. The molecule has 18 heavy (non-hydrogen) atoms. The quantitative estimate of drug-likeness (QED) is 0.714. The Hall–Kier alpha value is 0.700. The molecule has 5 nitrogen and oxygen atoms in total. The summed E-state index contributed by atoms with van der Waals surface area (Å²) in [4.78, 5) is 11.9. The lowest BCUT2D eigenvalue weighted by Gasteiger charge is -2.20. The van der Waals surface area contributed by atoms with E-state index in [0.29, 0.717) is 6.54 Å². The van der Waals surface area contributed by atoms with Gasteiger partial charge in [-0.25, -0.2) is 0 Å². The van der Waals surface area contributed by atoms with Gasteiger partial charge >= 0.3 is 0 Å². The van der Waals surface area contributed by atoms with Gasteiger partial charge in [0, 0.05) is 20.0 Å². The molecule has 1 unspecified atom stereocenters. The summed E-state index contributed by atoms with van der Waals surface area (Å²) in [6.45, 7) is 3.07. The molecule has 1 aliphatic heterocycles. The third-order valence-corrected chi connectivity index (χ3v) is 9.28. The number of hydrogen-bond acceptors (Lipinski definition) is 7. The van der Waals surface area contributed by atoms with Gasteiger partial charge in [0.05, 0.1) is 18.4 Å². The number of nitrogens with one attached hydrogen (secondary N) is 1. The number of thioether (sulfide) groups is 1. The second-order valence-electron chi connectivity index (χ2n) is 3.48. The second-order valence-corrected chi connectivity index (χ2v) is 11.5. The van der Waals surface area contributed by atoms with Crippen LogP contribution in [0, 0.1) is 0 Å². The van der Waals surface area contributed by atoms with Crippen molar-refractivity contribution in [3.05, 3.63) is 0 Å². The highest BCUT2D eigenvalue weighted by atomic mass is 32.9. The predicted molar refractivity (Wildman–Crippen MR) is 80.6 cm³/mol. The van der Waals surface area contributed by atoms with Crippen LogP contribution >= 0.6 is 28.8 Å². The van der Waals surface area contributed by atoms with E-state index in [0.717, 1.165) is 12.4 Å². The third kappa shape index (κ3) is 5.36. The monoisotopic (exact) mass is 331 g/mol. The summed E-state index contributed by atoms with van der Waals surface area (Å²) in [5, 5.41) is 2.55. The molecule has 1 heterocycles. The number of hydrogen-bond donors (Lipinski definition) is 1. The zero-order valence-electron chi connectivity index (χ0n) is 10.6. The van der Waals surface area contributed by atoms with Crippen LogP contribution in [0.25, 0.3) is 0 Å². The first-order valence-corrected chi connectivity index (χ1v) is 10.6. The van der Waals surface area contributed by atoms with Crippen molar-refractivity contribution in [2.45, 2.75) is 17.6 Å². The zero-order valence-corrected chi connectivity index (χ0v) is 13.9. The number of ether oxygens (including phenoxy) is 1. The van der Waals surface area contributed by atoms with Crippen molar-refractivity contribution in [2.75, 3.05) is 33.1 Å². The molecule has 1 fully saturated rings. The van der Waals surface area contributed by atoms with Gasteiger partial charge < -0.3 is 19.1 Å². The van der Waals surface area contributed by atoms with Crippen LogP contribution < -0.4 is 5.32 Å². The Labute approximate surface area is 121 Å². The molecule has 1 saturated heterocycles. The summed E-state index contributed by atoms with van der Waals surface area (Å²) in [6.07, 6.45) is 0. The van der Waals surface area contributed by atoms with Crippen molar-refractivity contribution < 1.29 is 18.6 Å². The molecule has 0 spiro atoms. The smallest absolute Gasteiger partial charge is 0.247 e. The Morgan fingerprint density at radius 3 is 2.83 bits per heavy atom. The van der Waals surface area contributed by atoms with Gasteiger partial charge in [-0.15, -0.1) is 11.8 Å². The molecule has 1 amide bonds. The van der Waals surface area contributed by atoms with Crippen LogP contribution in [0.1, 0.15) is 6.92 Å². The predicted octanol–water partition coefficient (Wildman–Crippen LogP) is 1.83. The molecule has 0 aliphatic carbocycles. The van der Waals surface area contributed by atoms with E-state index in [2.05, 4.69) is 5.32 Å². The van der Waals surface area contributed by atoms with Gasteiger partial charge in [-0.3, -0.25) is 4.79 Å². The first-order valence-electron chi connectivity index (χ1n) is 5.41. The van der Waals surface area contributed by atoms with E-state index in [1.54, 1.807) is 18.7 Å². The van der Waals surface area contributed by atoms with E-state index < -0.39 is 5.69 Å². The fourth-order valence-electron chi connectivity index (χ4n) is 1.25. The van der Waals surface area contributed by atoms with E-state index in [-0.39, 0.29) is 16.6 Å². The number of rotatable bonds is 7. The molecule has 0 aromatic heterocycles. The summed E-state index contributed by atoms with van der Waals surface area (Å²) in [6, 6.07) is 0. The third-order valence-electron chi connectivity index (χ3n) is 2.24. The average Bonchev–Trinajstić information content (AvgIpc) is 2.88.